The highest BCUT2D eigenvalue weighted by molar-refractivity contribution is 5.91. The van der Waals surface area contributed by atoms with Gasteiger partial charge < -0.3 is 20.7 Å². The molecule has 0 aliphatic rings. The fourth-order valence-corrected chi connectivity index (χ4v) is 0.442. The van der Waals surface area contributed by atoms with Crippen LogP contribution in [0.15, 0.2) is 12.2 Å². The molecule has 0 aliphatic heterocycles. The van der Waals surface area contributed by atoms with Crippen molar-refractivity contribution < 1.29 is 19.7 Å². The lowest BCUT2D eigenvalue weighted by Crippen LogP contribution is -2.22. The zero-order valence-electron chi connectivity index (χ0n) is 6.69. The molecule has 0 aromatic carbocycles. The number of rotatable bonds is 6. The largest absolute Gasteiger partial charge is 0.394 e. The number of hydrogen-bond donors (Lipinski definition) is 3. The molecule has 1 unspecified atom stereocenters. The molecule has 1 atom stereocenters. The van der Waals surface area contributed by atoms with E-state index in [9.17, 15) is 4.79 Å². The molecule has 0 aromatic rings. The van der Waals surface area contributed by atoms with Crippen LogP contribution in [0.25, 0.3) is 0 Å². The standard InChI is InChI=1S/C7H13NO4/c1-5(7(8)11)3-12-4-6(10)2-9/h6,9-10H,1-4H2,(H2,8,11). The van der Waals surface area contributed by atoms with Gasteiger partial charge in [0.25, 0.3) is 0 Å². The molecule has 0 saturated heterocycles. The molecular weight excluding hydrogens is 162 g/mol. The molecule has 0 spiro atoms. The Bertz CT molecular complexity index is 169. The maximum Gasteiger partial charge on any atom is 0.246 e. The molecule has 0 radical (unpaired) electrons. The fourth-order valence-electron chi connectivity index (χ4n) is 0.442. The van der Waals surface area contributed by atoms with Crippen LogP contribution in [0, 0.1) is 0 Å². The van der Waals surface area contributed by atoms with Gasteiger partial charge in [-0.15, -0.1) is 0 Å². The predicted molar refractivity (Wildman–Crippen MR) is 42.2 cm³/mol. The number of primary amides is 1. The Balaban J connectivity index is 3.44. The van der Waals surface area contributed by atoms with E-state index in [1.54, 1.807) is 0 Å². The summed E-state index contributed by atoms with van der Waals surface area (Å²) >= 11 is 0. The zero-order valence-corrected chi connectivity index (χ0v) is 6.69. The highest BCUT2D eigenvalue weighted by Crippen LogP contribution is 1.91. The minimum atomic E-state index is -0.925. The first-order valence-corrected chi connectivity index (χ1v) is 3.42. The Morgan fingerprint density at radius 3 is 2.67 bits per heavy atom. The van der Waals surface area contributed by atoms with Crippen LogP contribution in [0.2, 0.25) is 0 Å². The van der Waals surface area contributed by atoms with E-state index in [1.165, 1.54) is 0 Å². The number of hydrogen-bond acceptors (Lipinski definition) is 4. The van der Waals surface area contributed by atoms with Gasteiger partial charge in [0.05, 0.1) is 19.8 Å². The van der Waals surface area contributed by atoms with E-state index in [0.717, 1.165) is 0 Å². The van der Waals surface area contributed by atoms with Crippen molar-refractivity contribution in [2.45, 2.75) is 6.10 Å². The van der Waals surface area contributed by atoms with Crippen molar-refractivity contribution in [3.8, 4) is 0 Å². The van der Waals surface area contributed by atoms with E-state index in [0.29, 0.717) is 0 Å². The highest BCUT2D eigenvalue weighted by Gasteiger charge is 2.04. The summed E-state index contributed by atoms with van der Waals surface area (Å²) in [6.45, 7) is 2.90. The molecule has 5 nitrogen and oxygen atoms in total. The van der Waals surface area contributed by atoms with Gasteiger partial charge in [0, 0.05) is 5.57 Å². The van der Waals surface area contributed by atoms with E-state index in [2.05, 4.69) is 6.58 Å². The van der Waals surface area contributed by atoms with Gasteiger partial charge in [0.2, 0.25) is 5.91 Å². The third-order valence-corrected chi connectivity index (χ3v) is 1.15. The molecule has 5 heteroatoms. The second-order valence-corrected chi connectivity index (χ2v) is 2.32. The molecule has 0 saturated carbocycles. The number of ether oxygens (including phenoxy) is 1. The van der Waals surface area contributed by atoms with Gasteiger partial charge in [-0.1, -0.05) is 6.58 Å². The molecule has 0 heterocycles. The summed E-state index contributed by atoms with van der Waals surface area (Å²) in [6.07, 6.45) is -0.925. The molecule has 70 valence electrons. The fraction of sp³-hybridized carbons (Fsp3) is 0.571. The molecular formula is C7H13NO4. The molecule has 4 N–H and O–H groups in total. The SMILES string of the molecule is C=C(COCC(O)CO)C(N)=O. The normalized spacial score (nSPS) is 12.5. The summed E-state index contributed by atoms with van der Waals surface area (Å²) in [5.74, 6) is -0.631. The third kappa shape index (κ3) is 4.84. The minimum Gasteiger partial charge on any atom is -0.394 e. The van der Waals surface area contributed by atoms with Crippen LogP contribution in [0.3, 0.4) is 0 Å². The Morgan fingerprint density at radius 1 is 1.67 bits per heavy atom. The lowest BCUT2D eigenvalue weighted by Gasteiger charge is -2.07. The van der Waals surface area contributed by atoms with Gasteiger partial charge >= 0.3 is 0 Å². The second-order valence-electron chi connectivity index (χ2n) is 2.32. The molecule has 1 amide bonds. The lowest BCUT2D eigenvalue weighted by atomic mass is 10.3. The summed E-state index contributed by atoms with van der Waals surface area (Å²) in [4.78, 5) is 10.4. The number of aliphatic hydroxyl groups excluding tert-OH is 2. The van der Waals surface area contributed by atoms with Crippen LogP contribution in [-0.2, 0) is 9.53 Å². The van der Waals surface area contributed by atoms with Gasteiger partial charge in [-0.3, -0.25) is 4.79 Å². The van der Waals surface area contributed by atoms with Gasteiger partial charge in [0.15, 0.2) is 0 Å². The van der Waals surface area contributed by atoms with Crippen LogP contribution >= 0.6 is 0 Å². The molecule has 0 rings (SSSR count). The quantitative estimate of drug-likeness (QED) is 0.424. The van der Waals surface area contributed by atoms with Crippen molar-refractivity contribution in [3.63, 3.8) is 0 Å². The summed E-state index contributed by atoms with van der Waals surface area (Å²) in [5.41, 5.74) is 4.99. The third-order valence-electron chi connectivity index (χ3n) is 1.15. The first kappa shape index (κ1) is 11.1. The number of amides is 1. The Morgan fingerprint density at radius 2 is 2.25 bits per heavy atom. The van der Waals surface area contributed by atoms with E-state index in [-0.39, 0.29) is 25.4 Å². The van der Waals surface area contributed by atoms with E-state index in [1.807, 2.05) is 0 Å². The first-order valence-electron chi connectivity index (χ1n) is 3.42. The number of carbonyl (C=O) groups is 1. The van der Waals surface area contributed by atoms with E-state index in [4.69, 9.17) is 20.7 Å². The molecule has 0 aliphatic carbocycles. The smallest absolute Gasteiger partial charge is 0.246 e. The maximum absolute atomic E-state index is 10.4. The number of carbonyl (C=O) groups excluding carboxylic acids is 1. The molecule has 0 fully saturated rings. The number of nitrogens with two attached hydrogens (primary N) is 1. The van der Waals surface area contributed by atoms with Crippen molar-refractivity contribution in [1.82, 2.24) is 0 Å². The van der Waals surface area contributed by atoms with Crippen LogP contribution < -0.4 is 5.73 Å². The second kappa shape index (κ2) is 5.70. The van der Waals surface area contributed by atoms with Crippen molar-refractivity contribution >= 4 is 5.91 Å². The summed E-state index contributed by atoms with van der Waals surface area (Å²) < 4.78 is 4.80. The van der Waals surface area contributed by atoms with Crippen LogP contribution in [0.4, 0.5) is 0 Å². The van der Waals surface area contributed by atoms with Crippen molar-refractivity contribution in [3.05, 3.63) is 12.2 Å². The summed E-state index contributed by atoms with van der Waals surface area (Å²) in [6, 6.07) is 0. The highest BCUT2D eigenvalue weighted by atomic mass is 16.5. The Kier molecular flexibility index (Phi) is 5.27. The maximum atomic E-state index is 10.4. The topological polar surface area (TPSA) is 92.8 Å². The van der Waals surface area contributed by atoms with Gasteiger partial charge in [-0.2, -0.15) is 0 Å². The zero-order chi connectivity index (χ0) is 9.56. The van der Waals surface area contributed by atoms with E-state index >= 15 is 0 Å². The average Bonchev–Trinajstić information content (AvgIpc) is 2.03. The van der Waals surface area contributed by atoms with Gasteiger partial charge in [-0.05, 0) is 0 Å². The molecule has 0 bridgehead atoms. The Labute approximate surface area is 70.4 Å². The van der Waals surface area contributed by atoms with Gasteiger partial charge in [-0.25, -0.2) is 0 Å². The Hall–Kier alpha value is -0.910. The summed E-state index contributed by atoms with van der Waals surface area (Å²) in [7, 11) is 0. The monoisotopic (exact) mass is 175 g/mol. The van der Waals surface area contributed by atoms with Crippen molar-refractivity contribution in [2.75, 3.05) is 19.8 Å². The average molecular weight is 175 g/mol. The predicted octanol–water partition coefficient (Wildman–Crippen LogP) is -1.60. The van der Waals surface area contributed by atoms with Crippen LogP contribution in [0.5, 0.6) is 0 Å². The summed E-state index contributed by atoms with van der Waals surface area (Å²) in [5, 5.41) is 17.2. The van der Waals surface area contributed by atoms with Gasteiger partial charge in [0.1, 0.15) is 6.10 Å². The van der Waals surface area contributed by atoms with Crippen LogP contribution in [-0.4, -0.2) is 42.0 Å². The van der Waals surface area contributed by atoms with Crippen molar-refractivity contribution in [1.29, 1.82) is 0 Å². The molecule has 12 heavy (non-hydrogen) atoms. The minimum absolute atomic E-state index is 0.0214. The first-order chi connectivity index (χ1) is 5.57. The lowest BCUT2D eigenvalue weighted by molar-refractivity contribution is -0.115. The van der Waals surface area contributed by atoms with Crippen LogP contribution in [0.1, 0.15) is 0 Å². The van der Waals surface area contributed by atoms with E-state index < -0.39 is 12.0 Å². The number of aliphatic hydroxyl groups is 2. The van der Waals surface area contributed by atoms with Crippen molar-refractivity contribution in [2.24, 2.45) is 5.73 Å². The molecule has 0 aromatic heterocycles.